The largest absolute Gasteiger partial charge is 0.377 e. The Kier molecular flexibility index (Phi) is 6.73. The molecule has 0 spiro atoms. The van der Waals surface area contributed by atoms with Gasteiger partial charge in [0, 0.05) is 55.1 Å². The zero-order chi connectivity index (χ0) is 27.9. The smallest absolute Gasteiger partial charge is 0.258 e. The Morgan fingerprint density at radius 2 is 1.51 bits per heavy atom. The van der Waals surface area contributed by atoms with Crippen LogP contribution in [0.15, 0.2) is 76.9 Å². The molecule has 5 rings (SSSR count). The van der Waals surface area contributed by atoms with E-state index in [1.165, 1.54) is 6.26 Å². The Morgan fingerprint density at radius 1 is 0.872 bits per heavy atom. The zero-order valence-electron chi connectivity index (χ0n) is 22.3. The fraction of sp³-hybridized carbons (Fsp3) is 0.207. The van der Waals surface area contributed by atoms with Crippen LogP contribution in [0.1, 0.15) is 29.9 Å². The molecule has 198 valence electrons. The molecule has 0 aliphatic heterocycles. The first-order chi connectivity index (χ1) is 18.5. The van der Waals surface area contributed by atoms with Gasteiger partial charge < -0.3 is 9.88 Å². The lowest BCUT2D eigenvalue weighted by Gasteiger charge is -2.21. The molecule has 0 aliphatic carbocycles. The molecule has 0 saturated heterocycles. The number of pyridine rings is 1. The minimum Gasteiger partial charge on any atom is -0.377 e. The van der Waals surface area contributed by atoms with E-state index in [0.717, 1.165) is 16.5 Å². The van der Waals surface area contributed by atoms with Crippen molar-refractivity contribution in [1.29, 1.82) is 0 Å². The standard InChI is InChI=1S/C29H28N6O3S/c1-17-10-22(18(2)34-25-8-6-7-9-27(25)39(5,37)38)23-12-26(35(4)29(36)24(23)11-17)20-13-32-28(33-14-20)21-15-30-19(3)31-16-21/h6-16,18,34H,1-5H3/t18-/m1/s1. The van der Waals surface area contributed by atoms with Crippen molar-refractivity contribution in [3.8, 4) is 22.6 Å². The Labute approximate surface area is 226 Å². The molecule has 0 unspecified atom stereocenters. The molecule has 0 bridgehead atoms. The Morgan fingerprint density at radius 3 is 2.18 bits per heavy atom. The normalized spacial score (nSPS) is 12.4. The van der Waals surface area contributed by atoms with E-state index in [1.54, 1.807) is 60.7 Å². The Hall–Kier alpha value is -4.44. The third-order valence-corrected chi connectivity index (χ3v) is 7.80. The maximum atomic E-state index is 13.5. The van der Waals surface area contributed by atoms with Crippen LogP contribution in [0.25, 0.3) is 33.4 Å². The molecular weight excluding hydrogens is 512 g/mol. The van der Waals surface area contributed by atoms with Crippen molar-refractivity contribution in [2.45, 2.75) is 31.7 Å². The van der Waals surface area contributed by atoms with Gasteiger partial charge >= 0.3 is 0 Å². The summed E-state index contributed by atoms with van der Waals surface area (Å²) in [6.07, 6.45) is 7.90. The molecule has 5 aromatic rings. The van der Waals surface area contributed by atoms with Crippen molar-refractivity contribution < 1.29 is 8.42 Å². The van der Waals surface area contributed by atoms with Crippen molar-refractivity contribution in [2.24, 2.45) is 7.05 Å². The highest BCUT2D eigenvalue weighted by atomic mass is 32.2. The van der Waals surface area contributed by atoms with Crippen molar-refractivity contribution in [3.05, 3.63) is 94.6 Å². The van der Waals surface area contributed by atoms with Crippen LogP contribution in [-0.4, -0.2) is 39.2 Å². The first-order valence-corrected chi connectivity index (χ1v) is 14.2. The van der Waals surface area contributed by atoms with E-state index in [0.29, 0.717) is 39.5 Å². The summed E-state index contributed by atoms with van der Waals surface area (Å²) < 4.78 is 26.3. The highest BCUT2D eigenvalue weighted by Crippen LogP contribution is 2.32. The first-order valence-electron chi connectivity index (χ1n) is 12.3. The SMILES string of the molecule is Cc1cc([C@@H](C)Nc2ccccc2S(C)(=O)=O)c2cc(-c3cnc(-c4cnc(C)nc4)nc3)n(C)c(=O)c2c1. The number of hydrogen-bond acceptors (Lipinski definition) is 8. The molecule has 10 heteroatoms. The molecule has 3 aromatic heterocycles. The lowest BCUT2D eigenvalue weighted by Crippen LogP contribution is -2.20. The highest BCUT2D eigenvalue weighted by molar-refractivity contribution is 7.90. The van der Waals surface area contributed by atoms with Gasteiger partial charge in [-0.25, -0.2) is 28.4 Å². The molecule has 0 fully saturated rings. The zero-order valence-corrected chi connectivity index (χ0v) is 23.1. The number of para-hydroxylation sites is 1. The molecule has 0 radical (unpaired) electrons. The van der Waals surface area contributed by atoms with Crippen molar-refractivity contribution >= 4 is 26.3 Å². The van der Waals surface area contributed by atoms with Gasteiger partial charge in [0.1, 0.15) is 5.82 Å². The van der Waals surface area contributed by atoms with Crippen LogP contribution >= 0.6 is 0 Å². The van der Waals surface area contributed by atoms with Crippen LogP contribution in [0.5, 0.6) is 0 Å². The third kappa shape index (κ3) is 5.15. The average molecular weight is 541 g/mol. The maximum absolute atomic E-state index is 13.5. The summed E-state index contributed by atoms with van der Waals surface area (Å²) in [5, 5.41) is 4.70. The predicted octanol–water partition coefficient (Wildman–Crippen LogP) is 4.65. The van der Waals surface area contributed by atoms with E-state index >= 15 is 0 Å². The number of hydrogen-bond donors (Lipinski definition) is 1. The summed E-state index contributed by atoms with van der Waals surface area (Å²) in [7, 11) is -1.70. The van der Waals surface area contributed by atoms with Gasteiger partial charge in [0.25, 0.3) is 5.56 Å². The van der Waals surface area contributed by atoms with Crippen LogP contribution < -0.4 is 10.9 Å². The van der Waals surface area contributed by atoms with Gasteiger partial charge in [-0.1, -0.05) is 18.2 Å². The summed E-state index contributed by atoms with van der Waals surface area (Å²) in [4.78, 5) is 31.1. The minimum atomic E-state index is -3.43. The molecule has 39 heavy (non-hydrogen) atoms. The van der Waals surface area contributed by atoms with E-state index in [1.807, 2.05) is 39.0 Å². The van der Waals surface area contributed by atoms with Crippen LogP contribution in [0.2, 0.25) is 0 Å². The number of anilines is 1. The summed E-state index contributed by atoms with van der Waals surface area (Å²) in [5.74, 6) is 1.15. The number of benzene rings is 2. The van der Waals surface area contributed by atoms with E-state index in [4.69, 9.17) is 0 Å². The predicted molar refractivity (Wildman–Crippen MR) is 152 cm³/mol. The molecule has 3 heterocycles. The molecule has 2 aromatic carbocycles. The molecule has 9 nitrogen and oxygen atoms in total. The van der Waals surface area contributed by atoms with E-state index in [2.05, 4.69) is 25.3 Å². The summed E-state index contributed by atoms with van der Waals surface area (Å²) in [5.41, 5.74) is 4.21. The molecule has 0 aliphatic rings. The van der Waals surface area contributed by atoms with Crippen molar-refractivity contribution in [1.82, 2.24) is 24.5 Å². The van der Waals surface area contributed by atoms with Gasteiger partial charge in [-0.2, -0.15) is 0 Å². The van der Waals surface area contributed by atoms with Gasteiger partial charge in [-0.05, 0) is 61.5 Å². The fourth-order valence-corrected chi connectivity index (χ4v) is 5.51. The van der Waals surface area contributed by atoms with E-state index < -0.39 is 9.84 Å². The molecule has 0 saturated carbocycles. The van der Waals surface area contributed by atoms with Crippen LogP contribution in [0.4, 0.5) is 5.69 Å². The average Bonchev–Trinajstić information content (AvgIpc) is 2.91. The lowest BCUT2D eigenvalue weighted by atomic mass is 9.96. The van der Waals surface area contributed by atoms with Crippen LogP contribution in [0.3, 0.4) is 0 Å². The Bertz CT molecular complexity index is 1870. The Balaban J connectivity index is 1.60. The van der Waals surface area contributed by atoms with Gasteiger partial charge in [0.15, 0.2) is 15.7 Å². The quantitative estimate of drug-likeness (QED) is 0.331. The third-order valence-electron chi connectivity index (χ3n) is 6.65. The first kappa shape index (κ1) is 26.2. The topological polar surface area (TPSA) is 120 Å². The molecule has 1 atom stereocenters. The number of aromatic nitrogens is 5. The van der Waals surface area contributed by atoms with Gasteiger partial charge in [-0.3, -0.25) is 4.79 Å². The summed E-state index contributed by atoms with van der Waals surface area (Å²) in [6, 6.07) is 12.4. The molecular formula is C29H28N6O3S. The van der Waals surface area contributed by atoms with Crippen molar-refractivity contribution in [3.63, 3.8) is 0 Å². The second-order valence-electron chi connectivity index (χ2n) is 9.66. The molecule has 0 amide bonds. The molecule has 1 N–H and O–H groups in total. The van der Waals surface area contributed by atoms with Gasteiger partial charge in [-0.15, -0.1) is 0 Å². The summed E-state index contributed by atoms with van der Waals surface area (Å²) >= 11 is 0. The van der Waals surface area contributed by atoms with E-state index in [9.17, 15) is 13.2 Å². The monoisotopic (exact) mass is 540 g/mol. The summed E-state index contributed by atoms with van der Waals surface area (Å²) in [6.45, 7) is 5.70. The number of nitrogens with one attached hydrogen (secondary N) is 1. The van der Waals surface area contributed by atoms with E-state index in [-0.39, 0.29) is 16.5 Å². The number of nitrogens with zero attached hydrogens (tertiary/aromatic N) is 5. The van der Waals surface area contributed by atoms with Crippen LogP contribution in [-0.2, 0) is 16.9 Å². The minimum absolute atomic E-state index is 0.146. The second-order valence-corrected chi connectivity index (χ2v) is 11.6. The van der Waals surface area contributed by atoms with Crippen LogP contribution in [0, 0.1) is 13.8 Å². The maximum Gasteiger partial charge on any atom is 0.258 e. The van der Waals surface area contributed by atoms with Crippen molar-refractivity contribution in [2.75, 3.05) is 11.6 Å². The second kappa shape index (κ2) is 10.0. The fourth-order valence-electron chi connectivity index (χ4n) is 4.66. The number of aryl methyl sites for hydroxylation is 2. The number of sulfone groups is 1. The highest BCUT2D eigenvalue weighted by Gasteiger charge is 2.19. The van der Waals surface area contributed by atoms with Gasteiger partial charge in [0.05, 0.1) is 21.8 Å². The van der Waals surface area contributed by atoms with Gasteiger partial charge in [0.2, 0.25) is 0 Å². The number of rotatable bonds is 6. The lowest BCUT2D eigenvalue weighted by molar-refractivity contribution is 0.602. The number of fused-ring (bicyclic) bond motifs is 1.